The molecule has 0 bridgehead atoms. The van der Waals surface area contributed by atoms with E-state index in [4.69, 9.17) is 10.5 Å². The van der Waals surface area contributed by atoms with Gasteiger partial charge in [0.25, 0.3) is 0 Å². The maximum atomic E-state index is 6.23. The largest absolute Gasteiger partial charge is 0.374 e. The second kappa shape index (κ2) is 5.92. The molecule has 0 aromatic heterocycles. The highest BCUT2D eigenvalue weighted by Gasteiger charge is 2.43. The van der Waals surface area contributed by atoms with Crippen LogP contribution in [0.3, 0.4) is 0 Å². The molecule has 3 saturated heterocycles. The monoisotopic (exact) mass is 284 g/mol. The van der Waals surface area contributed by atoms with Gasteiger partial charge in [-0.2, -0.15) is 11.8 Å². The Bertz CT molecular complexity index is 305. The Morgan fingerprint density at radius 1 is 1.37 bits per heavy atom. The van der Waals surface area contributed by atoms with Gasteiger partial charge in [0.05, 0.1) is 5.60 Å². The average Bonchev–Trinajstić information content (AvgIpc) is 2.86. The zero-order chi connectivity index (χ0) is 13.3. The summed E-state index contributed by atoms with van der Waals surface area (Å²) in [5.74, 6) is 2.49. The van der Waals surface area contributed by atoms with Gasteiger partial charge in [0.15, 0.2) is 0 Å². The Morgan fingerprint density at radius 3 is 3.00 bits per heavy atom. The smallest absolute Gasteiger partial charge is 0.0795 e. The van der Waals surface area contributed by atoms with Gasteiger partial charge < -0.3 is 10.5 Å². The van der Waals surface area contributed by atoms with Crippen LogP contribution in [-0.4, -0.2) is 53.3 Å². The summed E-state index contributed by atoms with van der Waals surface area (Å²) in [7, 11) is 0. The first-order valence-electron chi connectivity index (χ1n) is 7.93. The Morgan fingerprint density at radius 2 is 2.26 bits per heavy atom. The van der Waals surface area contributed by atoms with Crippen LogP contribution in [0.4, 0.5) is 0 Å². The van der Waals surface area contributed by atoms with Crippen LogP contribution in [0.2, 0.25) is 0 Å². The van der Waals surface area contributed by atoms with Crippen LogP contribution < -0.4 is 5.73 Å². The highest BCUT2D eigenvalue weighted by atomic mass is 32.2. The second-order valence-corrected chi connectivity index (χ2v) is 7.75. The third-order valence-electron chi connectivity index (χ3n) is 5.20. The predicted molar refractivity (Wildman–Crippen MR) is 81.6 cm³/mol. The number of thioether (sulfide) groups is 1. The number of piperidine rings is 1. The molecular formula is C15H28N2OS. The molecule has 3 nitrogen and oxygen atoms in total. The molecule has 0 saturated carbocycles. The topological polar surface area (TPSA) is 38.5 Å². The lowest BCUT2D eigenvalue weighted by Crippen LogP contribution is -2.57. The summed E-state index contributed by atoms with van der Waals surface area (Å²) in [5.41, 5.74) is 6.43. The van der Waals surface area contributed by atoms with Crippen LogP contribution >= 0.6 is 11.8 Å². The quantitative estimate of drug-likeness (QED) is 0.844. The summed E-state index contributed by atoms with van der Waals surface area (Å²) in [6.07, 6.45) is 7.69. The van der Waals surface area contributed by atoms with E-state index in [0.29, 0.717) is 18.1 Å². The lowest BCUT2D eigenvalue weighted by Gasteiger charge is -2.48. The van der Waals surface area contributed by atoms with E-state index in [9.17, 15) is 0 Å². The lowest BCUT2D eigenvalue weighted by molar-refractivity contribution is -0.0998. The van der Waals surface area contributed by atoms with Gasteiger partial charge in [-0.3, -0.25) is 4.90 Å². The Hall–Kier alpha value is 0.230. The maximum Gasteiger partial charge on any atom is 0.0795 e. The molecule has 3 fully saturated rings. The van der Waals surface area contributed by atoms with Crippen molar-refractivity contribution in [3.8, 4) is 0 Å². The van der Waals surface area contributed by atoms with E-state index in [1.165, 1.54) is 56.6 Å². The van der Waals surface area contributed by atoms with Crippen molar-refractivity contribution in [2.45, 2.75) is 69.2 Å². The summed E-state index contributed by atoms with van der Waals surface area (Å²) >= 11 is 2.07. The standard InChI is InChI=1S/C15H28N2OS/c1-12(16)14-4-2-3-7-17(14)13-5-8-18-15(10-13)6-9-19-11-15/h12-14H,2-11,16H2,1H3. The molecular weight excluding hydrogens is 256 g/mol. The molecule has 0 aliphatic carbocycles. The zero-order valence-electron chi connectivity index (χ0n) is 12.1. The first-order valence-corrected chi connectivity index (χ1v) is 9.09. The minimum atomic E-state index is 0.202. The van der Waals surface area contributed by atoms with Crippen molar-refractivity contribution in [1.29, 1.82) is 0 Å². The van der Waals surface area contributed by atoms with Crippen molar-refractivity contribution in [3.63, 3.8) is 0 Å². The molecule has 4 heteroatoms. The van der Waals surface area contributed by atoms with Gasteiger partial charge in [-0.15, -0.1) is 0 Å². The molecule has 110 valence electrons. The van der Waals surface area contributed by atoms with Gasteiger partial charge in [-0.25, -0.2) is 0 Å². The van der Waals surface area contributed by atoms with Gasteiger partial charge in [-0.05, 0) is 51.3 Å². The van der Waals surface area contributed by atoms with Crippen LogP contribution in [0.5, 0.6) is 0 Å². The summed E-state index contributed by atoms with van der Waals surface area (Å²) in [6, 6.07) is 1.61. The molecule has 3 aliphatic heterocycles. The highest BCUT2D eigenvalue weighted by molar-refractivity contribution is 7.99. The van der Waals surface area contributed by atoms with Gasteiger partial charge in [-0.1, -0.05) is 6.42 Å². The summed E-state index contributed by atoms with van der Waals surface area (Å²) < 4.78 is 6.16. The van der Waals surface area contributed by atoms with E-state index < -0.39 is 0 Å². The fourth-order valence-electron chi connectivity index (χ4n) is 4.15. The summed E-state index contributed by atoms with van der Waals surface area (Å²) in [5, 5.41) is 0. The molecule has 0 aromatic rings. The maximum absolute atomic E-state index is 6.23. The number of rotatable bonds is 2. The molecule has 3 heterocycles. The first kappa shape index (κ1) is 14.2. The summed E-state index contributed by atoms with van der Waals surface area (Å²) in [6.45, 7) is 4.39. The van der Waals surface area contributed by atoms with E-state index in [0.717, 1.165) is 6.61 Å². The predicted octanol–water partition coefficient (Wildman–Crippen LogP) is 2.24. The third kappa shape index (κ3) is 2.97. The van der Waals surface area contributed by atoms with Crippen molar-refractivity contribution in [2.24, 2.45) is 5.73 Å². The van der Waals surface area contributed by atoms with Crippen LogP contribution in [0.25, 0.3) is 0 Å². The van der Waals surface area contributed by atoms with E-state index in [-0.39, 0.29) is 5.60 Å². The van der Waals surface area contributed by atoms with Crippen molar-refractivity contribution >= 4 is 11.8 Å². The fourth-order valence-corrected chi connectivity index (χ4v) is 5.52. The van der Waals surface area contributed by atoms with Crippen LogP contribution in [0.15, 0.2) is 0 Å². The lowest BCUT2D eigenvalue weighted by atomic mass is 9.86. The van der Waals surface area contributed by atoms with E-state index in [1.807, 2.05) is 0 Å². The van der Waals surface area contributed by atoms with Crippen LogP contribution in [0, 0.1) is 0 Å². The third-order valence-corrected chi connectivity index (χ3v) is 6.43. The average molecular weight is 284 g/mol. The number of ether oxygens (including phenoxy) is 1. The second-order valence-electron chi connectivity index (χ2n) is 6.64. The Labute approximate surface area is 121 Å². The first-order chi connectivity index (χ1) is 9.20. The fraction of sp³-hybridized carbons (Fsp3) is 1.00. The number of nitrogens with zero attached hydrogens (tertiary/aromatic N) is 1. The van der Waals surface area contributed by atoms with E-state index in [1.54, 1.807) is 0 Å². The molecule has 4 unspecified atom stereocenters. The van der Waals surface area contributed by atoms with Crippen molar-refractivity contribution in [3.05, 3.63) is 0 Å². The summed E-state index contributed by atoms with van der Waals surface area (Å²) in [4.78, 5) is 2.74. The molecule has 0 radical (unpaired) electrons. The minimum Gasteiger partial charge on any atom is -0.374 e. The molecule has 3 rings (SSSR count). The molecule has 0 aromatic carbocycles. The SMILES string of the molecule is CC(N)C1CCCCN1C1CCOC2(CCSC2)C1. The van der Waals surface area contributed by atoms with Crippen LogP contribution in [0.1, 0.15) is 45.4 Å². The van der Waals surface area contributed by atoms with E-state index >= 15 is 0 Å². The van der Waals surface area contributed by atoms with Crippen molar-refractivity contribution < 1.29 is 4.74 Å². The molecule has 1 spiro atoms. The van der Waals surface area contributed by atoms with Crippen molar-refractivity contribution in [2.75, 3.05) is 24.7 Å². The zero-order valence-corrected chi connectivity index (χ0v) is 13.0. The molecule has 0 amide bonds. The number of hydrogen-bond donors (Lipinski definition) is 1. The van der Waals surface area contributed by atoms with Gasteiger partial charge in [0.1, 0.15) is 0 Å². The molecule has 19 heavy (non-hydrogen) atoms. The van der Waals surface area contributed by atoms with Crippen molar-refractivity contribution in [1.82, 2.24) is 4.90 Å². The molecule has 2 N–H and O–H groups in total. The van der Waals surface area contributed by atoms with Gasteiger partial charge in [0.2, 0.25) is 0 Å². The Balaban J connectivity index is 1.69. The number of nitrogens with two attached hydrogens (primary N) is 1. The normalized spacial score (nSPS) is 42.6. The number of likely N-dealkylation sites (tertiary alicyclic amines) is 1. The number of hydrogen-bond acceptors (Lipinski definition) is 4. The van der Waals surface area contributed by atoms with Gasteiger partial charge in [0, 0.05) is 30.5 Å². The highest BCUT2D eigenvalue weighted by Crippen LogP contribution is 2.40. The minimum absolute atomic E-state index is 0.202. The van der Waals surface area contributed by atoms with Crippen LogP contribution in [-0.2, 0) is 4.74 Å². The Kier molecular flexibility index (Phi) is 4.42. The molecule has 3 aliphatic rings. The van der Waals surface area contributed by atoms with E-state index in [2.05, 4.69) is 23.6 Å². The molecule has 4 atom stereocenters. The van der Waals surface area contributed by atoms with Gasteiger partial charge >= 0.3 is 0 Å².